The number of hydrogen-bond acceptors (Lipinski definition) is 3. The molecule has 0 unspecified atom stereocenters. The van der Waals surface area contributed by atoms with Crippen LogP contribution in [0.5, 0.6) is 0 Å². The lowest BCUT2D eigenvalue weighted by Gasteiger charge is -2.26. The fourth-order valence-electron chi connectivity index (χ4n) is 2.06. The van der Waals surface area contributed by atoms with Crippen LogP contribution in [0.15, 0.2) is 18.2 Å². The van der Waals surface area contributed by atoms with Crippen molar-refractivity contribution in [3.63, 3.8) is 0 Å². The number of hydrogen-bond donors (Lipinski definition) is 3. The molecule has 0 aromatic heterocycles. The molecule has 0 aliphatic rings. The summed E-state index contributed by atoms with van der Waals surface area (Å²) in [7, 11) is 0. The molecule has 1 rings (SSSR count). The van der Waals surface area contributed by atoms with Gasteiger partial charge in [0.2, 0.25) is 5.91 Å². The molecule has 0 bridgehead atoms. The van der Waals surface area contributed by atoms with Crippen molar-refractivity contribution < 1.29 is 32.7 Å². The summed E-state index contributed by atoms with van der Waals surface area (Å²) in [5, 5.41) is 13.4. The molecule has 0 spiro atoms. The van der Waals surface area contributed by atoms with Crippen molar-refractivity contribution in [1.29, 1.82) is 0 Å². The molecule has 9 heteroatoms. The molecule has 0 saturated heterocycles. The first-order valence-electron chi connectivity index (χ1n) is 7.34. The number of amides is 2. The molecule has 0 atom stereocenters. The van der Waals surface area contributed by atoms with E-state index in [-0.39, 0.29) is 24.1 Å². The molecule has 2 amide bonds. The summed E-state index contributed by atoms with van der Waals surface area (Å²) in [5.41, 5.74) is -2.46. The highest BCUT2D eigenvalue weighted by Gasteiger charge is 2.32. The zero-order valence-corrected chi connectivity index (χ0v) is 14.0. The predicted octanol–water partition coefficient (Wildman–Crippen LogP) is 3.04. The molecule has 0 saturated carbocycles. The molecule has 138 valence electrons. The third-order valence-corrected chi connectivity index (χ3v) is 3.26. The van der Waals surface area contributed by atoms with Gasteiger partial charge < -0.3 is 15.7 Å². The van der Waals surface area contributed by atoms with Crippen LogP contribution in [0.3, 0.4) is 0 Å². The number of rotatable bonds is 6. The lowest BCUT2D eigenvalue weighted by Crippen LogP contribution is -2.43. The number of nitrogens with one attached hydrogen (secondary N) is 2. The Hall–Kier alpha value is -2.58. The number of halogens is 3. The minimum absolute atomic E-state index is 0.103. The Morgan fingerprint density at radius 1 is 1.12 bits per heavy atom. The van der Waals surface area contributed by atoms with Crippen molar-refractivity contribution in [3.05, 3.63) is 29.3 Å². The van der Waals surface area contributed by atoms with Crippen molar-refractivity contribution in [1.82, 2.24) is 5.32 Å². The van der Waals surface area contributed by atoms with Gasteiger partial charge in [0, 0.05) is 30.1 Å². The second-order valence-electron chi connectivity index (χ2n) is 6.21. The largest absolute Gasteiger partial charge is 0.481 e. The molecule has 0 aliphatic carbocycles. The third-order valence-electron chi connectivity index (χ3n) is 3.26. The smallest absolute Gasteiger partial charge is 0.416 e. The van der Waals surface area contributed by atoms with E-state index in [1.54, 1.807) is 13.8 Å². The standard InChI is InChI=1S/C16H19F3N2O4/c1-9(22)20-12-7-10(6-11(8-12)16(17,18)19)14(25)21-15(2,3)5-4-13(23)24/h6-8H,4-5H2,1-3H3,(H,20,22)(H,21,25)(H,23,24). The summed E-state index contributed by atoms with van der Waals surface area (Å²) >= 11 is 0. The molecule has 1 aromatic rings. The van der Waals surface area contributed by atoms with Crippen LogP contribution in [0.25, 0.3) is 0 Å². The van der Waals surface area contributed by atoms with E-state index >= 15 is 0 Å². The van der Waals surface area contributed by atoms with Gasteiger partial charge in [-0.25, -0.2) is 0 Å². The minimum atomic E-state index is -4.69. The quantitative estimate of drug-likeness (QED) is 0.727. The van der Waals surface area contributed by atoms with Gasteiger partial charge in [0.15, 0.2) is 0 Å². The number of benzene rings is 1. The van der Waals surface area contributed by atoms with Crippen molar-refractivity contribution in [2.24, 2.45) is 0 Å². The van der Waals surface area contributed by atoms with Crippen LogP contribution < -0.4 is 10.6 Å². The van der Waals surface area contributed by atoms with E-state index in [2.05, 4.69) is 10.6 Å². The summed E-state index contributed by atoms with van der Waals surface area (Å²) in [6.45, 7) is 4.27. The van der Waals surface area contributed by atoms with Crippen molar-refractivity contribution >= 4 is 23.5 Å². The summed E-state index contributed by atoms with van der Waals surface area (Å²) in [5.74, 6) is -2.42. The van der Waals surface area contributed by atoms with Gasteiger partial charge in [-0.2, -0.15) is 13.2 Å². The maximum absolute atomic E-state index is 13.0. The zero-order valence-electron chi connectivity index (χ0n) is 14.0. The minimum Gasteiger partial charge on any atom is -0.481 e. The molecule has 3 N–H and O–H groups in total. The van der Waals surface area contributed by atoms with Crippen LogP contribution in [0.2, 0.25) is 0 Å². The predicted molar refractivity (Wildman–Crippen MR) is 84.2 cm³/mol. The second-order valence-corrected chi connectivity index (χ2v) is 6.21. The highest BCUT2D eigenvalue weighted by Crippen LogP contribution is 2.32. The van der Waals surface area contributed by atoms with Crippen LogP contribution in [-0.4, -0.2) is 28.4 Å². The third kappa shape index (κ3) is 6.82. The van der Waals surface area contributed by atoms with Gasteiger partial charge in [-0.05, 0) is 38.5 Å². The molecular weight excluding hydrogens is 341 g/mol. The monoisotopic (exact) mass is 360 g/mol. The van der Waals surface area contributed by atoms with E-state index in [0.717, 1.165) is 19.1 Å². The Morgan fingerprint density at radius 3 is 2.20 bits per heavy atom. The lowest BCUT2D eigenvalue weighted by molar-refractivity contribution is -0.138. The average Bonchev–Trinajstić information content (AvgIpc) is 2.43. The number of carboxylic acids is 1. The molecule has 0 fully saturated rings. The van der Waals surface area contributed by atoms with Crippen LogP contribution in [0, 0.1) is 0 Å². The van der Waals surface area contributed by atoms with Crippen LogP contribution >= 0.6 is 0 Å². The Balaban J connectivity index is 3.11. The van der Waals surface area contributed by atoms with Crippen LogP contribution in [-0.2, 0) is 15.8 Å². The second kappa shape index (κ2) is 7.54. The van der Waals surface area contributed by atoms with E-state index in [0.29, 0.717) is 6.07 Å². The number of carboxylic acid groups (broad SMARTS) is 1. The first kappa shape index (κ1) is 20.5. The highest BCUT2D eigenvalue weighted by molar-refractivity contribution is 5.97. The van der Waals surface area contributed by atoms with E-state index in [4.69, 9.17) is 5.11 Å². The normalized spacial score (nSPS) is 11.8. The van der Waals surface area contributed by atoms with E-state index in [1.165, 1.54) is 0 Å². The van der Waals surface area contributed by atoms with Crippen molar-refractivity contribution in [2.75, 3.05) is 5.32 Å². The zero-order chi connectivity index (χ0) is 19.4. The lowest BCUT2D eigenvalue weighted by atomic mass is 9.97. The summed E-state index contributed by atoms with van der Waals surface area (Å²) in [6.07, 6.45) is -4.79. The van der Waals surface area contributed by atoms with Gasteiger partial charge in [-0.15, -0.1) is 0 Å². The molecule has 1 aromatic carbocycles. The van der Waals surface area contributed by atoms with Crippen molar-refractivity contribution in [3.8, 4) is 0 Å². The number of carbonyl (C=O) groups excluding carboxylic acids is 2. The SMILES string of the molecule is CC(=O)Nc1cc(C(=O)NC(C)(C)CCC(=O)O)cc(C(F)(F)F)c1. The topological polar surface area (TPSA) is 95.5 Å². The summed E-state index contributed by atoms with van der Waals surface area (Å²) in [6, 6.07) is 2.53. The molecule has 0 aliphatic heterocycles. The first-order chi connectivity index (χ1) is 11.3. The number of carbonyl (C=O) groups is 3. The van der Waals surface area contributed by atoms with E-state index in [1.807, 2.05) is 0 Å². The molecule has 6 nitrogen and oxygen atoms in total. The molecule has 0 heterocycles. The van der Waals surface area contributed by atoms with Crippen LogP contribution in [0.4, 0.5) is 18.9 Å². The average molecular weight is 360 g/mol. The van der Waals surface area contributed by atoms with E-state index in [9.17, 15) is 27.6 Å². The van der Waals surface area contributed by atoms with Crippen molar-refractivity contribution in [2.45, 2.75) is 45.3 Å². The molecular formula is C16H19F3N2O4. The Labute approximate surface area is 142 Å². The fourth-order valence-corrected chi connectivity index (χ4v) is 2.06. The van der Waals surface area contributed by atoms with Gasteiger partial charge >= 0.3 is 12.1 Å². The fraction of sp³-hybridized carbons (Fsp3) is 0.438. The van der Waals surface area contributed by atoms with Gasteiger partial charge in [0.1, 0.15) is 0 Å². The number of aliphatic carboxylic acids is 1. The number of alkyl halides is 3. The Bertz CT molecular complexity index is 684. The molecule has 25 heavy (non-hydrogen) atoms. The van der Waals surface area contributed by atoms with Crippen LogP contribution in [0.1, 0.15) is 49.5 Å². The van der Waals surface area contributed by atoms with Gasteiger partial charge in [0.25, 0.3) is 5.91 Å². The first-order valence-corrected chi connectivity index (χ1v) is 7.34. The maximum Gasteiger partial charge on any atom is 0.416 e. The summed E-state index contributed by atoms with van der Waals surface area (Å²) < 4.78 is 39.0. The molecule has 0 radical (unpaired) electrons. The summed E-state index contributed by atoms with van der Waals surface area (Å²) in [4.78, 5) is 34.0. The Kier molecular flexibility index (Phi) is 6.17. The maximum atomic E-state index is 13.0. The van der Waals surface area contributed by atoms with Gasteiger partial charge in [-0.1, -0.05) is 0 Å². The van der Waals surface area contributed by atoms with Gasteiger partial charge in [-0.3, -0.25) is 14.4 Å². The highest BCUT2D eigenvalue weighted by atomic mass is 19.4. The van der Waals surface area contributed by atoms with Gasteiger partial charge in [0.05, 0.1) is 5.56 Å². The number of anilines is 1. The Morgan fingerprint density at radius 2 is 1.72 bits per heavy atom. The van der Waals surface area contributed by atoms with E-state index < -0.39 is 35.1 Å².